The Hall–Kier alpha value is -3.09. The molecule has 0 N–H and O–H groups in total. The molecule has 0 radical (unpaired) electrons. The molecule has 0 atom stereocenters. The van der Waals surface area contributed by atoms with Gasteiger partial charge in [-0.3, -0.25) is 23.7 Å². The van der Waals surface area contributed by atoms with Crippen molar-refractivity contribution < 1.29 is 9.59 Å². The summed E-state index contributed by atoms with van der Waals surface area (Å²) in [4.78, 5) is 35.8. The van der Waals surface area contributed by atoms with Crippen molar-refractivity contribution in [3.05, 3.63) is 67.0 Å². The summed E-state index contributed by atoms with van der Waals surface area (Å²) >= 11 is 0. The van der Waals surface area contributed by atoms with Crippen LogP contribution in [0.3, 0.4) is 0 Å². The molecule has 0 unspecified atom stereocenters. The maximum Gasteiger partial charge on any atom is 0.264 e. The lowest BCUT2D eigenvalue weighted by Crippen LogP contribution is -2.14. The Bertz CT molecular complexity index is 685. The Kier molecular flexibility index (Phi) is 2.92. The van der Waals surface area contributed by atoms with Crippen LogP contribution >= 0.6 is 0 Å². The van der Waals surface area contributed by atoms with E-state index in [-0.39, 0.29) is 11.8 Å². The molecule has 20 heavy (non-hydrogen) atoms. The first-order valence-corrected chi connectivity index (χ1v) is 5.76. The van der Waals surface area contributed by atoms with E-state index in [1.165, 1.54) is 65.0 Å². The second-order valence-electron chi connectivity index (χ2n) is 4.01. The first kappa shape index (κ1) is 12.0. The molecule has 0 saturated carbocycles. The van der Waals surface area contributed by atoms with Crippen molar-refractivity contribution in [2.75, 3.05) is 0 Å². The highest BCUT2D eigenvalue weighted by molar-refractivity contribution is 6.00. The highest BCUT2D eigenvalue weighted by Crippen LogP contribution is 2.07. The molecule has 0 aliphatic carbocycles. The van der Waals surface area contributed by atoms with Crippen LogP contribution in [0.2, 0.25) is 0 Å². The normalized spacial score (nSPS) is 10.4. The fourth-order valence-electron chi connectivity index (χ4n) is 1.73. The van der Waals surface area contributed by atoms with E-state index in [1.54, 1.807) is 0 Å². The van der Waals surface area contributed by atoms with Gasteiger partial charge in [0.2, 0.25) is 0 Å². The Morgan fingerprint density at radius 2 is 1.30 bits per heavy atom. The number of carbonyl (C=O) groups is 2. The predicted octanol–water partition coefficient (Wildman–Crippen LogP) is 0.852. The van der Waals surface area contributed by atoms with Gasteiger partial charge in [-0.25, -0.2) is 9.97 Å². The summed E-state index contributed by atoms with van der Waals surface area (Å²) in [6.45, 7) is 0. The third-order valence-electron chi connectivity index (χ3n) is 2.71. The van der Waals surface area contributed by atoms with Crippen molar-refractivity contribution in [1.29, 1.82) is 0 Å². The highest BCUT2D eigenvalue weighted by atomic mass is 16.2. The maximum atomic E-state index is 12.1. The molecule has 3 aromatic heterocycles. The van der Waals surface area contributed by atoms with Crippen LogP contribution in [0.15, 0.2) is 55.9 Å². The van der Waals surface area contributed by atoms with Gasteiger partial charge >= 0.3 is 0 Å². The van der Waals surface area contributed by atoms with Crippen LogP contribution < -0.4 is 0 Å². The lowest BCUT2D eigenvalue weighted by molar-refractivity contribution is 0.0959. The zero-order valence-corrected chi connectivity index (χ0v) is 10.2. The number of hydrogen-bond acceptors (Lipinski definition) is 5. The molecule has 0 amide bonds. The largest absolute Gasteiger partial charge is 0.272 e. The quantitative estimate of drug-likeness (QED) is 0.687. The summed E-state index contributed by atoms with van der Waals surface area (Å²) < 4.78 is 2.64. The van der Waals surface area contributed by atoms with E-state index in [0.717, 1.165) is 0 Å². The molecular weight excluding hydrogens is 258 g/mol. The summed E-state index contributed by atoms with van der Waals surface area (Å²) in [6, 6.07) is 1.50. The van der Waals surface area contributed by atoms with Gasteiger partial charge < -0.3 is 0 Å². The van der Waals surface area contributed by atoms with Crippen LogP contribution in [0.4, 0.5) is 0 Å². The monoisotopic (exact) mass is 267 g/mol. The number of aromatic nitrogens is 5. The van der Waals surface area contributed by atoms with Crippen molar-refractivity contribution >= 4 is 11.8 Å². The number of nitrogens with zero attached hydrogens (tertiary/aromatic N) is 5. The van der Waals surface area contributed by atoms with Gasteiger partial charge in [0.15, 0.2) is 0 Å². The molecule has 3 aromatic rings. The molecule has 0 aromatic carbocycles. The fourth-order valence-corrected chi connectivity index (χ4v) is 1.73. The number of carbonyl (C=O) groups excluding carboxylic acids is 2. The minimum Gasteiger partial charge on any atom is -0.272 e. The van der Waals surface area contributed by atoms with Gasteiger partial charge in [-0.05, 0) is 6.07 Å². The molecule has 0 aliphatic heterocycles. The van der Waals surface area contributed by atoms with Gasteiger partial charge in [0.05, 0.1) is 11.1 Å². The van der Waals surface area contributed by atoms with Gasteiger partial charge in [-0.15, -0.1) is 0 Å². The van der Waals surface area contributed by atoms with Crippen LogP contribution in [0.5, 0.6) is 0 Å². The van der Waals surface area contributed by atoms with E-state index in [0.29, 0.717) is 11.1 Å². The molecule has 0 saturated heterocycles. The molecule has 3 heterocycles. The third-order valence-corrected chi connectivity index (χ3v) is 2.71. The van der Waals surface area contributed by atoms with Crippen molar-refractivity contribution in [2.24, 2.45) is 0 Å². The van der Waals surface area contributed by atoms with Crippen LogP contribution in [0.25, 0.3) is 0 Å². The van der Waals surface area contributed by atoms with Crippen LogP contribution in [0.1, 0.15) is 20.7 Å². The number of hydrogen-bond donors (Lipinski definition) is 0. The van der Waals surface area contributed by atoms with Gasteiger partial charge in [0.25, 0.3) is 11.8 Å². The van der Waals surface area contributed by atoms with Crippen molar-refractivity contribution in [1.82, 2.24) is 24.1 Å². The second kappa shape index (κ2) is 4.88. The standard InChI is InChI=1S/C13H9N5O2/c19-12(17-3-1-14-8-17)10-5-11(7-16-6-10)13(20)18-4-2-15-9-18/h1-9H. The summed E-state index contributed by atoms with van der Waals surface area (Å²) in [7, 11) is 0. The van der Waals surface area contributed by atoms with Crippen molar-refractivity contribution in [2.45, 2.75) is 0 Å². The molecule has 7 nitrogen and oxygen atoms in total. The van der Waals surface area contributed by atoms with E-state index >= 15 is 0 Å². The van der Waals surface area contributed by atoms with E-state index in [2.05, 4.69) is 15.0 Å². The topological polar surface area (TPSA) is 82.7 Å². The molecule has 0 spiro atoms. The van der Waals surface area contributed by atoms with Gasteiger partial charge in [0, 0.05) is 37.2 Å². The number of imidazole rings is 2. The lowest BCUT2D eigenvalue weighted by Gasteiger charge is -2.04. The molecule has 7 heteroatoms. The number of pyridine rings is 1. The molecule has 0 bridgehead atoms. The Morgan fingerprint density at radius 3 is 1.70 bits per heavy atom. The SMILES string of the molecule is O=C(c1cncc(C(=O)n2ccnc2)c1)n1ccnc1. The minimum absolute atomic E-state index is 0.296. The Labute approximate surface area is 113 Å². The van der Waals surface area contributed by atoms with Crippen molar-refractivity contribution in [3.8, 4) is 0 Å². The van der Waals surface area contributed by atoms with E-state index < -0.39 is 0 Å². The third kappa shape index (κ3) is 2.12. The lowest BCUT2D eigenvalue weighted by atomic mass is 10.2. The van der Waals surface area contributed by atoms with Crippen LogP contribution in [-0.4, -0.2) is 35.9 Å². The smallest absolute Gasteiger partial charge is 0.264 e. The van der Waals surface area contributed by atoms with E-state index in [1.807, 2.05) is 0 Å². The Morgan fingerprint density at radius 1 is 0.800 bits per heavy atom. The van der Waals surface area contributed by atoms with E-state index in [4.69, 9.17) is 0 Å². The van der Waals surface area contributed by atoms with E-state index in [9.17, 15) is 9.59 Å². The van der Waals surface area contributed by atoms with Crippen molar-refractivity contribution in [3.63, 3.8) is 0 Å². The molecule has 0 fully saturated rings. The zero-order valence-electron chi connectivity index (χ0n) is 10.2. The average Bonchev–Trinajstić information content (AvgIpc) is 3.18. The minimum atomic E-state index is -0.296. The van der Waals surface area contributed by atoms with Gasteiger partial charge in [-0.2, -0.15) is 0 Å². The molecule has 3 rings (SSSR count). The summed E-state index contributed by atoms with van der Waals surface area (Å²) in [5.41, 5.74) is 0.628. The molecule has 0 aliphatic rings. The summed E-state index contributed by atoms with van der Waals surface area (Å²) in [5, 5.41) is 0. The molecule has 98 valence electrons. The van der Waals surface area contributed by atoms with Crippen LogP contribution in [0, 0.1) is 0 Å². The number of rotatable bonds is 2. The first-order valence-electron chi connectivity index (χ1n) is 5.76. The summed E-state index contributed by atoms with van der Waals surface area (Å²) in [5.74, 6) is -0.592. The van der Waals surface area contributed by atoms with Crippen LogP contribution in [-0.2, 0) is 0 Å². The zero-order chi connectivity index (χ0) is 13.9. The summed E-state index contributed by atoms with van der Waals surface area (Å²) in [6.07, 6.45) is 11.7. The highest BCUT2D eigenvalue weighted by Gasteiger charge is 2.13. The Balaban J connectivity index is 1.94. The predicted molar refractivity (Wildman–Crippen MR) is 68.1 cm³/mol. The molecular formula is C13H9N5O2. The fraction of sp³-hybridized carbons (Fsp3) is 0. The van der Waals surface area contributed by atoms with Gasteiger partial charge in [-0.1, -0.05) is 0 Å². The maximum absolute atomic E-state index is 12.1. The average molecular weight is 267 g/mol. The second-order valence-corrected chi connectivity index (χ2v) is 4.01. The van der Waals surface area contributed by atoms with Gasteiger partial charge in [0.1, 0.15) is 12.7 Å². The first-order chi connectivity index (χ1) is 9.75.